The molecular formula is C42H29IrN2O2P-2. The van der Waals surface area contributed by atoms with E-state index in [2.05, 4.69) is 53.0 Å². The summed E-state index contributed by atoms with van der Waals surface area (Å²) in [6, 6.07) is 56.2. The van der Waals surface area contributed by atoms with Crippen molar-refractivity contribution >= 4 is 66.8 Å². The van der Waals surface area contributed by atoms with Crippen molar-refractivity contribution < 1.29 is 29.1 Å². The van der Waals surface area contributed by atoms with Gasteiger partial charge in [-0.25, -0.2) is 0 Å². The first-order valence-electron chi connectivity index (χ1n) is 15.5. The summed E-state index contributed by atoms with van der Waals surface area (Å²) in [6.07, 6.45) is 1.79. The maximum atomic E-state index is 14.2. The Bertz CT molecular complexity index is 2520. The number of aromatic nitrogens is 2. The molecule has 0 N–H and O–H groups in total. The molecule has 6 heteroatoms. The second-order valence-corrected chi connectivity index (χ2v) is 14.1. The number of furan rings is 1. The Labute approximate surface area is 292 Å². The largest absolute Gasteiger partial charge is 0.498 e. The van der Waals surface area contributed by atoms with Crippen LogP contribution < -0.4 is 15.9 Å². The summed E-state index contributed by atoms with van der Waals surface area (Å²) < 4.78 is 22.7. The second kappa shape index (κ2) is 13.2. The van der Waals surface area contributed by atoms with Crippen LogP contribution in [0.1, 0.15) is 0 Å². The number of benzene rings is 6. The second-order valence-electron chi connectivity index (χ2n) is 11.4. The molecule has 9 aromatic rings. The molecule has 48 heavy (non-hydrogen) atoms. The first kappa shape index (κ1) is 31.5. The molecule has 0 spiro atoms. The molecule has 0 fully saturated rings. The van der Waals surface area contributed by atoms with Crippen molar-refractivity contribution in [3.8, 4) is 11.3 Å². The van der Waals surface area contributed by atoms with E-state index in [4.69, 9.17) is 4.42 Å². The van der Waals surface area contributed by atoms with Gasteiger partial charge in [-0.3, -0.25) is 0 Å². The van der Waals surface area contributed by atoms with E-state index < -0.39 is 7.14 Å². The minimum atomic E-state index is -2.94. The third-order valence-electron chi connectivity index (χ3n) is 8.63. The zero-order valence-electron chi connectivity index (χ0n) is 26.0. The fourth-order valence-electron chi connectivity index (χ4n) is 6.34. The van der Waals surface area contributed by atoms with E-state index >= 15 is 0 Å². The van der Waals surface area contributed by atoms with Crippen LogP contribution in [-0.4, -0.2) is 9.55 Å². The van der Waals surface area contributed by atoms with Gasteiger partial charge >= 0.3 is 0 Å². The van der Waals surface area contributed by atoms with Gasteiger partial charge in [0.15, 0.2) is 0 Å². The fraction of sp³-hybridized carbons (Fsp3) is 0.0238. The molecule has 0 amide bonds. The molecule has 0 unspecified atom stereocenters. The Balaban J connectivity index is 0.000000149. The summed E-state index contributed by atoms with van der Waals surface area (Å²) >= 11 is 0. The zero-order valence-corrected chi connectivity index (χ0v) is 29.3. The first-order chi connectivity index (χ1) is 23.1. The van der Waals surface area contributed by atoms with Gasteiger partial charge in [-0.1, -0.05) is 114 Å². The Hall–Kier alpha value is -5.05. The first-order valence-corrected chi connectivity index (χ1v) is 17.2. The van der Waals surface area contributed by atoms with Crippen molar-refractivity contribution in [3.05, 3.63) is 170 Å². The molecular weight excluding hydrogens is 788 g/mol. The van der Waals surface area contributed by atoms with Crippen molar-refractivity contribution in [3.63, 3.8) is 0 Å². The average molecular weight is 817 g/mol. The minimum absolute atomic E-state index is 0. The van der Waals surface area contributed by atoms with E-state index in [0.29, 0.717) is 0 Å². The maximum absolute atomic E-state index is 14.2. The number of para-hydroxylation sites is 1. The molecule has 0 aliphatic rings. The van der Waals surface area contributed by atoms with E-state index in [0.717, 1.165) is 65.4 Å². The molecule has 0 atom stereocenters. The molecule has 1 radical (unpaired) electrons. The van der Waals surface area contributed by atoms with Gasteiger partial charge in [-0.05, 0) is 29.3 Å². The van der Waals surface area contributed by atoms with Gasteiger partial charge in [0, 0.05) is 49.3 Å². The van der Waals surface area contributed by atoms with E-state index in [9.17, 15) is 4.57 Å². The van der Waals surface area contributed by atoms with Crippen molar-refractivity contribution in [1.29, 1.82) is 0 Å². The van der Waals surface area contributed by atoms with Crippen LogP contribution in [-0.2, 0) is 31.7 Å². The van der Waals surface area contributed by atoms with E-state index in [1.165, 1.54) is 5.52 Å². The third-order valence-corrected chi connectivity index (χ3v) is 11.6. The number of aryl methyl sites for hydroxylation is 1. The van der Waals surface area contributed by atoms with E-state index in [-0.39, 0.29) is 20.1 Å². The zero-order chi connectivity index (χ0) is 31.8. The molecule has 0 saturated carbocycles. The topological polar surface area (TPSA) is 48.0 Å². The van der Waals surface area contributed by atoms with Crippen LogP contribution in [0.2, 0.25) is 0 Å². The van der Waals surface area contributed by atoms with Gasteiger partial charge < -0.3 is 18.5 Å². The van der Waals surface area contributed by atoms with Crippen LogP contribution in [0, 0.1) is 12.1 Å². The fourth-order valence-corrected chi connectivity index (χ4v) is 8.95. The molecule has 235 valence electrons. The maximum Gasteiger partial charge on any atom is 0.147 e. The van der Waals surface area contributed by atoms with Crippen LogP contribution in [0.15, 0.2) is 162 Å². The standard InChI is InChI=1S/C22H16OP.C20H13N2O.Ir/c23-24(20-11-3-1-4-12-20,21-13-5-2-6-14-21)22-16-15-18-9-7-8-10-19(18)17-22;1-22-17-11-3-2-7-14(17)20-18(22)15-9-6-8-13(19(15)23-20)16-10-4-5-12-21-16;/h1-15,17H;2-7,9-12H,1H3;/q2*-1;. The van der Waals surface area contributed by atoms with Crippen molar-refractivity contribution in [1.82, 2.24) is 9.55 Å². The average Bonchev–Trinajstić information content (AvgIpc) is 3.67. The van der Waals surface area contributed by atoms with Crippen LogP contribution >= 0.6 is 7.14 Å². The summed E-state index contributed by atoms with van der Waals surface area (Å²) in [7, 11) is -0.856. The summed E-state index contributed by atoms with van der Waals surface area (Å²) in [5.41, 5.74) is 5.85. The Morgan fingerprint density at radius 3 is 2.02 bits per heavy atom. The number of pyridine rings is 1. The quantitative estimate of drug-likeness (QED) is 0.132. The van der Waals surface area contributed by atoms with Crippen LogP contribution in [0.3, 0.4) is 0 Å². The van der Waals surface area contributed by atoms with Gasteiger partial charge in [0.1, 0.15) is 12.7 Å². The smallest absolute Gasteiger partial charge is 0.147 e. The van der Waals surface area contributed by atoms with E-state index in [1.807, 2.05) is 127 Å². The van der Waals surface area contributed by atoms with Crippen LogP contribution in [0.5, 0.6) is 0 Å². The minimum Gasteiger partial charge on any atom is -0.498 e. The molecule has 9 rings (SSSR count). The predicted molar refractivity (Wildman–Crippen MR) is 194 cm³/mol. The molecule has 0 aliphatic heterocycles. The number of nitrogens with zero attached hydrogens (tertiary/aromatic N) is 2. The summed E-state index contributed by atoms with van der Waals surface area (Å²) in [6.45, 7) is 0. The number of hydrogen-bond acceptors (Lipinski definition) is 3. The monoisotopic (exact) mass is 817 g/mol. The Morgan fingerprint density at radius 2 is 1.31 bits per heavy atom. The molecule has 0 aliphatic carbocycles. The summed E-state index contributed by atoms with van der Waals surface area (Å²) in [5.74, 6) is 0. The Morgan fingerprint density at radius 1 is 0.667 bits per heavy atom. The van der Waals surface area contributed by atoms with Crippen LogP contribution in [0.4, 0.5) is 0 Å². The molecule has 3 heterocycles. The molecule has 3 aromatic heterocycles. The van der Waals surface area contributed by atoms with Gasteiger partial charge in [0.05, 0.1) is 16.6 Å². The van der Waals surface area contributed by atoms with Gasteiger partial charge in [-0.15, -0.1) is 35.0 Å². The van der Waals surface area contributed by atoms with Crippen LogP contribution in [0.25, 0.3) is 55.0 Å². The van der Waals surface area contributed by atoms with Gasteiger partial charge in [0.2, 0.25) is 0 Å². The SMILES string of the molecule is Cn1c2ccccc2c2oc3c(-c4ccccn4)[c-]ccc3c21.O=P(c1[c-]cc2ccccc2c1)(c1ccccc1)c1ccccc1.[Ir]. The number of hydrogen-bond donors (Lipinski definition) is 0. The molecule has 0 bridgehead atoms. The van der Waals surface area contributed by atoms with Crippen molar-refractivity contribution in [2.75, 3.05) is 0 Å². The number of rotatable bonds is 4. The number of fused-ring (bicyclic) bond motifs is 6. The van der Waals surface area contributed by atoms with Crippen molar-refractivity contribution in [2.24, 2.45) is 7.05 Å². The predicted octanol–water partition coefficient (Wildman–Crippen LogP) is 9.22. The Kier molecular flexibility index (Phi) is 8.69. The molecule has 0 saturated heterocycles. The molecule has 6 aromatic carbocycles. The normalized spacial score (nSPS) is 11.4. The third kappa shape index (κ3) is 5.41. The van der Waals surface area contributed by atoms with Gasteiger partial charge in [0.25, 0.3) is 0 Å². The summed E-state index contributed by atoms with van der Waals surface area (Å²) in [4.78, 5) is 4.44. The van der Waals surface area contributed by atoms with E-state index in [1.54, 1.807) is 6.20 Å². The summed E-state index contributed by atoms with van der Waals surface area (Å²) in [5, 5.41) is 6.84. The molecule has 4 nitrogen and oxygen atoms in total. The van der Waals surface area contributed by atoms with Gasteiger partial charge in [-0.2, -0.15) is 18.2 Å². The van der Waals surface area contributed by atoms with Crippen molar-refractivity contribution in [2.45, 2.75) is 0 Å².